The summed E-state index contributed by atoms with van der Waals surface area (Å²) in [4.78, 5) is 14.1. The molecule has 22 heavy (non-hydrogen) atoms. The Balaban J connectivity index is 1.65. The molecule has 0 spiro atoms. The first-order chi connectivity index (χ1) is 10.5. The molecule has 120 valence electrons. The van der Waals surface area contributed by atoms with Gasteiger partial charge in [0.1, 0.15) is 5.82 Å². The number of piperidine rings is 1. The third kappa shape index (κ3) is 2.87. The lowest BCUT2D eigenvalue weighted by molar-refractivity contribution is -0.140. The molecular formula is C15H19FN2O3S. The molecule has 0 aliphatic carbocycles. The Labute approximate surface area is 129 Å². The molecule has 1 aromatic rings. The van der Waals surface area contributed by atoms with Crippen molar-refractivity contribution in [2.75, 3.05) is 26.2 Å². The summed E-state index contributed by atoms with van der Waals surface area (Å²) in [5.74, 6) is -0.372. The molecule has 7 heteroatoms. The Morgan fingerprint density at radius 1 is 1.05 bits per heavy atom. The monoisotopic (exact) mass is 326 g/mol. The summed E-state index contributed by atoms with van der Waals surface area (Å²) < 4.78 is 39.3. The fourth-order valence-corrected chi connectivity index (χ4v) is 4.36. The van der Waals surface area contributed by atoms with E-state index >= 15 is 0 Å². The van der Waals surface area contributed by atoms with Crippen LogP contribution in [0.2, 0.25) is 0 Å². The van der Waals surface area contributed by atoms with Gasteiger partial charge in [0.25, 0.3) is 0 Å². The van der Waals surface area contributed by atoms with Crippen LogP contribution in [-0.4, -0.2) is 49.7 Å². The fourth-order valence-electron chi connectivity index (χ4n) is 2.89. The Bertz CT molecular complexity index is 648. The molecule has 0 saturated carbocycles. The molecule has 1 aromatic carbocycles. The van der Waals surface area contributed by atoms with Crippen molar-refractivity contribution >= 4 is 15.9 Å². The summed E-state index contributed by atoms with van der Waals surface area (Å²) >= 11 is 0. The lowest BCUT2D eigenvalue weighted by Crippen LogP contribution is -2.48. The number of benzene rings is 1. The van der Waals surface area contributed by atoms with Gasteiger partial charge >= 0.3 is 0 Å². The lowest BCUT2D eigenvalue weighted by Gasteiger charge is -2.37. The molecule has 3 rings (SSSR count). The van der Waals surface area contributed by atoms with Crippen molar-refractivity contribution in [2.45, 2.75) is 24.2 Å². The second kappa shape index (κ2) is 5.96. The van der Waals surface area contributed by atoms with Crippen LogP contribution in [0, 0.1) is 11.7 Å². The van der Waals surface area contributed by atoms with Gasteiger partial charge in [-0.2, -0.15) is 4.31 Å². The van der Waals surface area contributed by atoms with Crippen molar-refractivity contribution in [3.63, 3.8) is 0 Å². The van der Waals surface area contributed by atoms with E-state index in [1.54, 1.807) is 0 Å². The second-order valence-electron chi connectivity index (χ2n) is 5.81. The lowest BCUT2D eigenvalue weighted by atomic mass is 9.95. The molecular weight excluding hydrogens is 307 g/mol. The zero-order chi connectivity index (χ0) is 15.7. The number of hydrogen-bond acceptors (Lipinski definition) is 3. The van der Waals surface area contributed by atoms with Crippen molar-refractivity contribution in [1.82, 2.24) is 9.21 Å². The first-order valence-corrected chi connectivity index (χ1v) is 8.97. The van der Waals surface area contributed by atoms with Crippen LogP contribution in [0.5, 0.6) is 0 Å². The minimum Gasteiger partial charge on any atom is -0.342 e. The zero-order valence-corrected chi connectivity index (χ0v) is 13.1. The van der Waals surface area contributed by atoms with Gasteiger partial charge in [0, 0.05) is 32.1 Å². The molecule has 0 radical (unpaired) electrons. The van der Waals surface area contributed by atoms with E-state index in [1.165, 1.54) is 16.4 Å². The highest BCUT2D eigenvalue weighted by Gasteiger charge is 2.34. The van der Waals surface area contributed by atoms with Crippen LogP contribution in [0.4, 0.5) is 4.39 Å². The molecule has 2 saturated heterocycles. The maximum atomic E-state index is 12.9. The average molecular weight is 326 g/mol. The molecule has 0 bridgehead atoms. The molecule has 2 aliphatic rings. The van der Waals surface area contributed by atoms with E-state index in [1.807, 2.05) is 4.90 Å². The van der Waals surface area contributed by atoms with Crippen LogP contribution in [0.15, 0.2) is 29.2 Å². The summed E-state index contributed by atoms with van der Waals surface area (Å²) in [6, 6.07) is 4.85. The van der Waals surface area contributed by atoms with Gasteiger partial charge in [0.2, 0.25) is 15.9 Å². The van der Waals surface area contributed by atoms with Gasteiger partial charge in [-0.1, -0.05) is 0 Å². The predicted molar refractivity (Wildman–Crippen MR) is 79.1 cm³/mol. The van der Waals surface area contributed by atoms with Gasteiger partial charge in [-0.05, 0) is 43.5 Å². The van der Waals surface area contributed by atoms with Crippen molar-refractivity contribution < 1.29 is 17.6 Å². The van der Waals surface area contributed by atoms with E-state index in [2.05, 4.69) is 0 Å². The summed E-state index contributed by atoms with van der Waals surface area (Å²) in [7, 11) is -3.60. The van der Waals surface area contributed by atoms with Crippen LogP contribution < -0.4 is 0 Å². The number of rotatable bonds is 3. The van der Waals surface area contributed by atoms with Crippen LogP contribution in [0.3, 0.4) is 0 Å². The standard InChI is InChI=1S/C15H19FN2O3S/c16-13-2-4-14(5-3-13)22(20,21)18-10-6-12(7-11-18)15(19)17-8-1-9-17/h2-5,12H,1,6-11H2. The van der Waals surface area contributed by atoms with Crippen molar-refractivity contribution in [3.05, 3.63) is 30.1 Å². The van der Waals surface area contributed by atoms with Crippen molar-refractivity contribution in [3.8, 4) is 0 Å². The number of amides is 1. The van der Waals surface area contributed by atoms with Crippen molar-refractivity contribution in [2.24, 2.45) is 5.92 Å². The maximum absolute atomic E-state index is 12.9. The first kappa shape index (κ1) is 15.4. The van der Waals surface area contributed by atoms with Crippen LogP contribution >= 0.6 is 0 Å². The molecule has 5 nitrogen and oxygen atoms in total. The van der Waals surface area contributed by atoms with Crippen LogP contribution in [0.25, 0.3) is 0 Å². The van der Waals surface area contributed by atoms with Gasteiger partial charge in [-0.25, -0.2) is 12.8 Å². The highest BCUT2D eigenvalue weighted by atomic mass is 32.2. The molecule has 2 heterocycles. The fraction of sp³-hybridized carbons (Fsp3) is 0.533. The van der Waals surface area contributed by atoms with Gasteiger partial charge in [-0.15, -0.1) is 0 Å². The number of sulfonamides is 1. The molecule has 0 aromatic heterocycles. The Morgan fingerprint density at radius 2 is 1.64 bits per heavy atom. The SMILES string of the molecule is O=C(C1CCN(S(=O)(=O)c2ccc(F)cc2)CC1)N1CCC1. The highest BCUT2D eigenvalue weighted by Crippen LogP contribution is 2.26. The number of halogens is 1. The van der Waals surface area contributed by atoms with Gasteiger partial charge in [0.05, 0.1) is 4.90 Å². The highest BCUT2D eigenvalue weighted by molar-refractivity contribution is 7.89. The summed E-state index contributed by atoms with van der Waals surface area (Å²) in [5, 5.41) is 0. The largest absolute Gasteiger partial charge is 0.342 e. The molecule has 0 N–H and O–H groups in total. The Morgan fingerprint density at radius 3 is 2.14 bits per heavy atom. The molecule has 2 aliphatic heterocycles. The minimum absolute atomic E-state index is 0.0695. The smallest absolute Gasteiger partial charge is 0.243 e. The van der Waals surface area contributed by atoms with E-state index in [0.29, 0.717) is 25.9 Å². The van der Waals surface area contributed by atoms with Gasteiger partial charge in [-0.3, -0.25) is 4.79 Å². The van der Waals surface area contributed by atoms with E-state index in [4.69, 9.17) is 0 Å². The van der Waals surface area contributed by atoms with E-state index in [0.717, 1.165) is 31.6 Å². The molecule has 2 fully saturated rings. The van der Waals surface area contributed by atoms with Crippen molar-refractivity contribution in [1.29, 1.82) is 0 Å². The third-order valence-corrected chi connectivity index (χ3v) is 6.34. The Kier molecular flexibility index (Phi) is 4.18. The summed E-state index contributed by atoms with van der Waals surface area (Å²) in [6.07, 6.45) is 2.16. The Hall–Kier alpha value is -1.47. The average Bonchev–Trinajstić information content (AvgIpc) is 2.46. The number of likely N-dealkylation sites (tertiary alicyclic amines) is 1. The number of carbonyl (C=O) groups excluding carboxylic acids is 1. The van der Waals surface area contributed by atoms with Gasteiger partial charge < -0.3 is 4.90 Å². The van der Waals surface area contributed by atoms with Crippen LogP contribution in [0.1, 0.15) is 19.3 Å². The normalized spacial score (nSPS) is 20.7. The quantitative estimate of drug-likeness (QED) is 0.845. The van der Waals surface area contributed by atoms with E-state index in [9.17, 15) is 17.6 Å². The number of carbonyl (C=O) groups is 1. The number of nitrogens with zero attached hydrogens (tertiary/aromatic N) is 2. The van der Waals surface area contributed by atoms with Gasteiger partial charge in [0.15, 0.2) is 0 Å². The topological polar surface area (TPSA) is 57.7 Å². The first-order valence-electron chi connectivity index (χ1n) is 7.53. The molecule has 0 atom stereocenters. The zero-order valence-electron chi connectivity index (χ0n) is 12.2. The van der Waals surface area contributed by atoms with E-state index < -0.39 is 15.8 Å². The summed E-state index contributed by atoms with van der Waals surface area (Å²) in [5.41, 5.74) is 0. The number of hydrogen-bond donors (Lipinski definition) is 0. The molecule has 0 unspecified atom stereocenters. The van der Waals surface area contributed by atoms with Crippen LogP contribution in [-0.2, 0) is 14.8 Å². The molecule has 1 amide bonds. The summed E-state index contributed by atoms with van der Waals surface area (Å²) in [6.45, 7) is 2.33. The minimum atomic E-state index is -3.60. The third-order valence-electron chi connectivity index (χ3n) is 4.42. The second-order valence-corrected chi connectivity index (χ2v) is 7.75. The van der Waals surface area contributed by atoms with E-state index in [-0.39, 0.29) is 16.7 Å². The maximum Gasteiger partial charge on any atom is 0.243 e. The predicted octanol–water partition coefficient (Wildman–Crippen LogP) is 1.46.